The molecule has 1 aromatic heterocycles. The minimum Gasteiger partial charge on any atom is -0.453 e. The van der Waals surface area contributed by atoms with Crippen molar-refractivity contribution in [3.05, 3.63) is 36.0 Å². The Morgan fingerprint density at radius 2 is 2.21 bits per heavy atom. The van der Waals surface area contributed by atoms with Crippen molar-refractivity contribution in [3.63, 3.8) is 0 Å². The first-order valence-corrected chi connectivity index (χ1v) is 5.65. The lowest BCUT2D eigenvalue weighted by Crippen LogP contribution is -2.11. The number of hydrogen-bond acceptors (Lipinski definition) is 6. The summed E-state index contributed by atoms with van der Waals surface area (Å²) in [6.07, 6.45) is -0.510. The lowest BCUT2D eigenvalue weighted by molar-refractivity contribution is 0.187. The molecule has 0 atom stereocenters. The van der Waals surface area contributed by atoms with Crippen molar-refractivity contribution in [2.75, 3.05) is 17.7 Å². The van der Waals surface area contributed by atoms with E-state index >= 15 is 0 Å². The van der Waals surface area contributed by atoms with Crippen LogP contribution >= 0.6 is 0 Å². The van der Waals surface area contributed by atoms with Gasteiger partial charge in [-0.15, -0.1) is 0 Å². The van der Waals surface area contributed by atoms with E-state index < -0.39 is 6.09 Å². The first-order valence-electron chi connectivity index (χ1n) is 5.65. The SMILES string of the molecule is COC(=O)Nc1cccc(NCc2nc(C)no2)c1. The Morgan fingerprint density at radius 1 is 1.42 bits per heavy atom. The molecule has 2 N–H and O–H groups in total. The third-order valence-corrected chi connectivity index (χ3v) is 2.31. The van der Waals surface area contributed by atoms with Gasteiger partial charge in [-0.3, -0.25) is 5.32 Å². The number of ether oxygens (including phenoxy) is 1. The summed E-state index contributed by atoms with van der Waals surface area (Å²) in [6, 6.07) is 7.22. The molecular weight excluding hydrogens is 248 g/mol. The standard InChI is InChI=1S/C12H14N4O3/c1-8-14-11(19-16-8)7-13-9-4-3-5-10(6-9)15-12(17)18-2/h3-6,13H,7H2,1-2H3,(H,15,17). The summed E-state index contributed by atoms with van der Waals surface area (Å²) in [5, 5.41) is 9.40. The summed E-state index contributed by atoms with van der Waals surface area (Å²) in [4.78, 5) is 15.2. The lowest BCUT2D eigenvalue weighted by Gasteiger charge is -2.07. The predicted octanol–water partition coefficient (Wildman–Crippen LogP) is 2.17. The van der Waals surface area contributed by atoms with Crippen LogP contribution < -0.4 is 10.6 Å². The minimum atomic E-state index is -0.510. The number of aromatic nitrogens is 2. The van der Waals surface area contributed by atoms with Gasteiger partial charge in [-0.25, -0.2) is 4.79 Å². The van der Waals surface area contributed by atoms with E-state index in [-0.39, 0.29) is 0 Å². The molecule has 0 aliphatic rings. The van der Waals surface area contributed by atoms with E-state index in [1.165, 1.54) is 7.11 Å². The molecular formula is C12H14N4O3. The molecule has 1 heterocycles. The Bertz CT molecular complexity index is 568. The Hall–Kier alpha value is -2.57. The number of anilines is 2. The van der Waals surface area contributed by atoms with E-state index in [0.717, 1.165) is 5.69 Å². The molecule has 0 spiro atoms. The minimum absolute atomic E-state index is 0.419. The molecule has 0 fully saturated rings. The summed E-state index contributed by atoms with van der Waals surface area (Å²) in [6.45, 7) is 2.18. The Labute approximate surface area is 110 Å². The summed E-state index contributed by atoms with van der Waals surface area (Å²) < 4.78 is 9.51. The molecule has 0 saturated carbocycles. The van der Waals surface area contributed by atoms with Crippen LogP contribution in [0.5, 0.6) is 0 Å². The number of aryl methyl sites for hydroxylation is 1. The third kappa shape index (κ3) is 3.70. The Balaban J connectivity index is 1.97. The monoisotopic (exact) mass is 262 g/mol. The van der Waals surface area contributed by atoms with Gasteiger partial charge >= 0.3 is 6.09 Å². The van der Waals surface area contributed by atoms with Crippen LogP contribution in [0.25, 0.3) is 0 Å². The molecule has 0 saturated heterocycles. The summed E-state index contributed by atoms with van der Waals surface area (Å²) in [5.74, 6) is 1.10. The van der Waals surface area contributed by atoms with Gasteiger partial charge in [0, 0.05) is 11.4 Å². The topological polar surface area (TPSA) is 89.3 Å². The van der Waals surface area contributed by atoms with Crippen LogP contribution in [0.4, 0.5) is 16.2 Å². The largest absolute Gasteiger partial charge is 0.453 e. The van der Waals surface area contributed by atoms with Crippen LogP contribution in [0.3, 0.4) is 0 Å². The lowest BCUT2D eigenvalue weighted by atomic mass is 10.3. The summed E-state index contributed by atoms with van der Waals surface area (Å²) >= 11 is 0. The van der Waals surface area contributed by atoms with Crippen molar-refractivity contribution in [1.29, 1.82) is 0 Å². The van der Waals surface area contributed by atoms with Gasteiger partial charge in [0.25, 0.3) is 0 Å². The average Bonchev–Trinajstić information content (AvgIpc) is 2.82. The van der Waals surface area contributed by atoms with E-state index in [1.54, 1.807) is 19.1 Å². The van der Waals surface area contributed by atoms with Crippen molar-refractivity contribution in [2.45, 2.75) is 13.5 Å². The maximum atomic E-state index is 11.1. The van der Waals surface area contributed by atoms with Crippen LogP contribution in [0.15, 0.2) is 28.8 Å². The van der Waals surface area contributed by atoms with Crippen LogP contribution in [0, 0.1) is 6.92 Å². The number of nitrogens with one attached hydrogen (secondary N) is 2. The van der Waals surface area contributed by atoms with Gasteiger partial charge in [0.05, 0.1) is 13.7 Å². The van der Waals surface area contributed by atoms with Gasteiger partial charge in [-0.1, -0.05) is 11.2 Å². The van der Waals surface area contributed by atoms with Crippen LogP contribution in [0.2, 0.25) is 0 Å². The molecule has 100 valence electrons. The van der Waals surface area contributed by atoms with E-state index in [1.807, 2.05) is 12.1 Å². The summed E-state index contributed by atoms with van der Waals surface area (Å²) in [5.41, 5.74) is 1.46. The fraction of sp³-hybridized carbons (Fsp3) is 0.250. The van der Waals surface area contributed by atoms with Gasteiger partial charge in [0.2, 0.25) is 5.89 Å². The zero-order valence-electron chi connectivity index (χ0n) is 10.6. The third-order valence-electron chi connectivity index (χ3n) is 2.31. The van der Waals surface area contributed by atoms with Gasteiger partial charge in [-0.2, -0.15) is 4.98 Å². The molecule has 7 heteroatoms. The van der Waals surface area contributed by atoms with E-state index in [9.17, 15) is 4.79 Å². The first-order chi connectivity index (χ1) is 9.17. The number of hydrogen-bond donors (Lipinski definition) is 2. The second-order valence-electron chi connectivity index (χ2n) is 3.79. The fourth-order valence-electron chi connectivity index (χ4n) is 1.47. The van der Waals surface area contributed by atoms with Crippen molar-refractivity contribution in [3.8, 4) is 0 Å². The molecule has 0 bridgehead atoms. The second-order valence-corrected chi connectivity index (χ2v) is 3.79. The van der Waals surface area contributed by atoms with E-state index in [4.69, 9.17) is 4.52 Å². The molecule has 1 aromatic carbocycles. The number of nitrogens with zero attached hydrogens (tertiary/aromatic N) is 2. The smallest absolute Gasteiger partial charge is 0.411 e. The van der Waals surface area contributed by atoms with E-state index in [0.29, 0.717) is 23.9 Å². The van der Waals surface area contributed by atoms with Crippen molar-refractivity contribution in [2.24, 2.45) is 0 Å². The Morgan fingerprint density at radius 3 is 2.89 bits per heavy atom. The zero-order chi connectivity index (χ0) is 13.7. The molecule has 7 nitrogen and oxygen atoms in total. The number of carbonyl (C=O) groups is 1. The maximum Gasteiger partial charge on any atom is 0.411 e. The normalized spacial score (nSPS) is 10.0. The highest BCUT2D eigenvalue weighted by Gasteiger charge is 2.04. The molecule has 2 aromatic rings. The highest BCUT2D eigenvalue weighted by atomic mass is 16.5. The fourth-order valence-corrected chi connectivity index (χ4v) is 1.47. The highest BCUT2D eigenvalue weighted by molar-refractivity contribution is 5.85. The Kier molecular flexibility index (Phi) is 3.97. The highest BCUT2D eigenvalue weighted by Crippen LogP contribution is 2.16. The van der Waals surface area contributed by atoms with Crippen LogP contribution in [-0.2, 0) is 11.3 Å². The molecule has 1 amide bonds. The summed E-state index contributed by atoms with van der Waals surface area (Å²) in [7, 11) is 1.31. The van der Waals surface area contributed by atoms with Crippen LogP contribution in [0.1, 0.15) is 11.7 Å². The average molecular weight is 262 g/mol. The molecule has 0 radical (unpaired) electrons. The van der Waals surface area contributed by atoms with Gasteiger partial charge in [0.1, 0.15) is 0 Å². The number of methoxy groups -OCH3 is 1. The number of rotatable bonds is 4. The van der Waals surface area contributed by atoms with Crippen molar-refractivity contribution < 1.29 is 14.1 Å². The molecule has 19 heavy (non-hydrogen) atoms. The molecule has 0 unspecified atom stereocenters. The molecule has 0 aliphatic heterocycles. The zero-order valence-corrected chi connectivity index (χ0v) is 10.6. The quantitative estimate of drug-likeness (QED) is 0.877. The molecule has 2 rings (SSSR count). The van der Waals surface area contributed by atoms with Gasteiger partial charge in [0.15, 0.2) is 5.82 Å². The predicted molar refractivity (Wildman–Crippen MR) is 68.8 cm³/mol. The second kappa shape index (κ2) is 5.85. The number of benzene rings is 1. The van der Waals surface area contributed by atoms with Crippen molar-refractivity contribution in [1.82, 2.24) is 10.1 Å². The first kappa shape index (κ1) is 12.9. The number of amides is 1. The van der Waals surface area contributed by atoms with Crippen LogP contribution in [-0.4, -0.2) is 23.3 Å². The van der Waals surface area contributed by atoms with E-state index in [2.05, 4.69) is 25.5 Å². The van der Waals surface area contributed by atoms with Gasteiger partial charge in [-0.05, 0) is 25.1 Å². The van der Waals surface area contributed by atoms with Crippen molar-refractivity contribution >= 4 is 17.5 Å². The number of carbonyl (C=O) groups excluding carboxylic acids is 1. The molecule has 0 aliphatic carbocycles. The maximum absolute atomic E-state index is 11.1. The van der Waals surface area contributed by atoms with Gasteiger partial charge < -0.3 is 14.6 Å².